The summed E-state index contributed by atoms with van der Waals surface area (Å²) in [7, 11) is 0. The SMILES string of the molecule is O=C1CCCCC1(O)C(=O)c1ccccc1. The molecule has 0 spiro atoms. The van der Waals surface area contributed by atoms with Crippen LogP contribution in [0.2, 0.25) is 0 Å². The Bertz CT molecular complexity index is 410. The Hall–Kier alpha value is -1.48. The van der Waals surface area contributed by atoms with Crippen molar-refractivity contribution < 1.29 is 14.7 Å². The van der Waals surface area contributed by atoms with E-state index >= 15 is 0 Å². The number of rotatable bonds is 2. The van der Waals surface area contributed by atoms with Crippen molar-refractivity contribution in [3.8, 4) is 0 Å². The van der Waals surface area contributed by atoms with Crippen molar-refractivity contribution in [1.82, 2.24) is 0 Å². The quantitative estimate of drug-likeness (QED) is 0.607. The normalized spacial score (nSPS) is 25.4. The summed E-state index contributed by atoms with van der Waals surface area (Å²) < 4.78 is 0. The molecule has 2 rings (SSSR count). The molecule has 0 saturated heterocycles. The second kappa shape index (κ2) is 4.18. The molecule has 1 N–H and O–H groups in total. The Labute approximate surface area is 94.1 Å². The highest BCUT2D eigenvalue weighted by atomic mass is 16.3. The number of carbonyl (C=O) groups excluding carboxylic acids is 2. The molecule has 1 aromatic carbocycles. The summed E-state index contributed by atoms with van der Waals surface area (Å²) in [4.78, 5) is 23.7. The maximum Gasteiger partial charge on any atom is 0.201 e. The van der Waals surface area contributed by atoms with Gasteiger partial charge in [-0.15, -0.1) is 0 Å². The van der Waals surface area contributed by atoms with Crippen LogP contribution < -0.4 is 0 Å². The first kappa shape index (κ1) is 11.0. The Kier molecular flexibility index (Phi) is 2.88. The van der Waals surface area contributed by atoms with E-state index < -0.39 is 11.4 Å². The van der Waals surface area contributed by atoms with Crippen molar-refractivity contribution in [2.45, 2.75) is 31.3 Å². The van der Waals surface area contributed by atoms with Gasteiger partial charge < -0.3 is 5.11 Å². The van der Waals surface area contributed by atoms with Gasteiger partial charge in [-0.3, -0.25) is 9.59 Å². The maximum absolute atomic E-state index is 12.1. The monoisotopic (exact) mass is 218 g/mol. The lowest BCUT2D eigenvalue weighted by atomic mass is 9.78. The van der Waals surface area contributed by atoms with Crippen LogP contribution in [0.4, 0.5) is 0 Å². The highest BCUT2D eigenvalue weighted by Gasteiger charge is 2.44. The minimum absolute atomic E-state index is 0.250. The molecule has 1 saturated carbocycles. The van der Waals surface area contributed by atoms with Gasteiger partial charge in [0.2, 0.25) is 5.78 Å². The number of Topliss-reactive ketones (excluding diaryl/α,β-unsaturated/α-hetero) is 2. The predicted molar refractivity (Wildman–Crippen MR) is 59.2 cm³/mol. The molecule has 0 bridgehead atoms. The van der Waals surface area contributed by atoms with Gasteiger partial charge >= 0.3 is 0 Å². The number of carbonyl (C=O) groups is 2. The standard InChI is InChI=1S/C13H14O3/c14-11-8-4-5-9-13(11,16)12(15)10-6-2-1-3-7-10/h1-3,6-7,16H,4-5,8-9H2. The van der Waals surface area contributed by atoms with Crippen LogP contribution in [0.3, 0.4) is 0 Å². The van der Waals surface area contributed by atoms with E-state index in [9.17, 15) is 14.7 Å². The second-order valence-corrected chi connectivity index (χ2v) is 4.19. The van der Waals surface area contributed by atoms with Gasteiger partial charge in [0.1, 0.15) is 0 Å². The lowest BCUT2D eigenvalue weighted by Gasteiger charge is -2.28. The molecule has 1 aliphatic rings. The first-order valence-corrected chi connectivity index (χ1v) is 5.50. The van der Waals surface area contributed by atoms with Crippen LogP contribution in [-0.4, -0.2) is 22.3 Å². The minimum Gasteiger partial charge on any atom is -0.374 e. The van der Waals surface area contributed by atoms with Gasteiger partial charge in [-0.25, -0.2) is 0 Å². The Morgan fingerprint density at radius 3 is 2.50 bits per heavy atom. The lowest BCUT2D eigenvalue weighted by Crippen LogP contribution is -2.48. The molecule has 84 valence electrons. The van der Waals surface area contributed by atoms with E-state index in [1.165, 1.54) is 0 Å². The molecule has 1 aromatic rings. The van der Waals surface area contributed by atoms with Crippen molar-refractivity contribution in [3.63, 3.8) is 0 Å². The van der Waals surface area contributed by atoms with Crippen molar-refractivity contribution in [2.24, 2.45) is 0 Å². The van der Waals surface area contributed by atoms with Crippen LogP contribution in [0.25, 0.3) is 0 Å². The molecule has 0 radical (unpaired) electrons. The number of hydrogen-bond acceptors (Lipinski definition) is 3. The molecule has 3 nitrogen and oxygen atoms in total. The van der Waals surface area contributed by atoms with Gasteiger partial charge in [-0.05, 0) is 19.3 Å². The number of benzene rings is 1. The summed E-state index contributed by atoms with van der Waals surface area (Å²) in [5, 5.41) is 10.2. The van der Waals surface area contributed by atoms with Gasteiger partial charge in [0, 0.05) is 12.0 Å². The molecule has 0 aliphatic heterocycles. The van der Waals surface area contributed by atoms with E-state index in [1.54, 1.807) is 30.3 Å². The Morgan fingerprint density at radius 2 is 1.88 bits per heavy atom. The zero-order valence-electron chi connectivity index (χ0n) is 8.98. The second-order valence-electron chi connectivity index (χ2n) is 4.19. The molecule has 16 heavy (non-hydrogen) atoms. The first-order valence-electron chi connectivity index (χ1n) is 5.50. The highest BCUT2D eigenvalue weighted by Crippen LogP contribution is 2.28. The van der Waals surface area contributed by atoms with Gasteiger partial charge in [0.05, 0.1) is 0 Å². The van der Waals surface area contributed by atoms with Crippen molar-refractivity contribution in [3.05, 3.63) is 35.9 Å². The van der Waals surface area contributed by atoms with Crippen LogP contribution in [-0.2, 0) is 4.79 Å². The third-order valence-electron chi connectivity index (χ3n) is 3.07. The smallest absolute Gasteiger partial charge is 0.201 e. The molecule has 0 amide bonds. The fraction of sp³-hybridized carbons (Fsp3) is 0.385. The predicted octanol–water partition coefficient (Wildman–Crippen LogP) is 1.74. The fourth-order valence-corrected chi connectivity index (χ4v) is 2.08. The van der Waals surface area contributed by atoms with Crippen molar-refractivity contribution in [2.75, 3.05) is 0 Å². The number of hydrogen-bond donors (Lipinski definition) is 1. The highest BCUT2D eigenvalue weighted by molar-refractivity contribution is 6.17. The fourth-order valence-electron chi connectivity index (χ4n) is 2.08. The molecule has 3 heteroatoms. The van der Waals surface area contributed by atoms with Crippen LogP contribution in [0.5, 0.6) is 0 Å². The molecule has 0 heterocycles. The largest absolute Gasteiger partial charge is 0.374 e. The zero-order chi connectivity index (χ0) is 11.6. The van der Waals surface area contributed by atoms with Crippen LogP contribution >= 0.6 is 0 Å². The topological polar surface area (TPSA) is 54.4 Å². The summed E-state index contributed by atoms with van der Waals surface area (Å²) in [6.07, 6.45) is 2.04. The molecular weight excluding hydrogens is 204 g/mol. The van der Waals surface area contributed by atoms with Gasteiger partial charge in [0.25, 0.3) is 0 Å². The van der Waals surface area contributed by atoms with Gasteiger partial charge in [-0.2, -0.15) is 0 Å². The third-order valence-corrected chi connectivity index (χ3v) is 3.07. The number of aliphatic hydroxyl groups is 1. The molecular formula is C13H14O3. The van der Waals surface area contributed by atoms with E-state index in [-0.39, 0.29) is 12.2 Å². The first-order chi connectivity index (χ1) is 7.64. The van der Waals surface area contributed by atoms with Crippen LogP contribution in [0.1, 0.15) is 36.0 Å². The van der Waals surface area contributed by atoms with Crippen molar-refractivity contribution >= 4 is 11.6 Å². The summed E-state index contributed by atoms with van der Waals surface area (Å²) in [5.74, 6) is -0.801. The van der Waals surface area contributed by atoms with Crippen LogP contribution in [0.15, 0.2) is 30.3 Å². The Morgan fingerprint density at radius 1 is 1.19 bits per heavy atom. The third kappa shape index (κ3) is 1.78. The van der Waals surface area contributed by atoms with E-state index in [4.69, 9.17) is 0 Å². The number of ketones is 2. The van der Waals surface area contributed by atoms with E-state index in [2.05, 4.69) is 0 Å². The summed E-state index contributed by atoms with van der Waals surface area (Å²) >= 11 is 0. The van der Waals surface area contributed by atoms with E-state index in [0.717, 1.165) is 12.8 Å². The summed E-state index contributed by atoms with van der Waals surface area (Å²) in [6.45, 7) is 0. The van der Waals surface area contributed by atoms with Crippen molar-refractivity contribution in [1.29, 1.82) is 0 Å². The lowest BCUT2D eigenvalue weighted by molar-refractivity contribution is -0.135. The van der Waals surface area contributed by atoms with E-state index in [1.807, 2.05) is 0 Å². The van der Waals surface area contributed by atoms with Gasteiger partial charge in [-0.1, -0.05) is 30.3 Å². The molecule has 1 unspecified atom stereocenters. The minimum atomic E-state index is -1.78. The molecule has 1 aliphatic carbocycles. The Balaban J connectivity index is 2.30. The average Bonchev–Trinajstić information content (AvgIpc) is 2.33. The van der Waals surface area contributed by atoms with Crippen LogP contribution in [0, 0.1) is 0 Å². The summed E-state index contributed by atoms with van der Waals surface area (Å²) in [6, 6.07) is 8.50. The van der Waals surface area contributed by atoms with Gasteiger partial charge in [0.15, 0.2) is 11.4 Å². The zero-order valence-corrected chi connectivity index (χ0v) is 8.98. The molecule has 1 atom stereocenters. The molecule has 0 aromatic heterocycles. The van der Waals surface area contributed by atoms with E-state index in [0.29, 0.717) is 12.0 Å². The molecule has 1 fully saturated rings. The average molecular weight is 218 g/mol. The maximum atomic E-state index is 12.1. The summed E-state index contributed by atoms with van der Waals surface area (Å²) in [5.41, 5.74) is -1.38.